The fourth-order valence-electron chi connectivity index (χ4n) is 5.03. The van der Waals surface area contributed by atoms with E-state index in [1.807, 2.05) is 24.3 Å². The van der Waals surface area contributed by atoms with Gasteiger partial charge in [0.1, 0.15) is 11.7 Å². The Hall–Kier alpha value is -2.01. The van der Waals surface area contributed by atoms with Crippen molar-refractivity contribution in [2.75, 3.05) is 0 Å². The lowest BCUT2D eigenvalue weighted by Gasteiger charge is -2.55. The molecule has 1 aliphatic rings. The Bertz CT molecular complexity index is 1060. The predicted molar refractivity (Wildman–Crippen MR) is 148 cm³/mol. The van der Waals surface area contributed by atoms with Gasteiger partial charge in [-0.2, -0.15) is 0 Å². The first-order valence-electron chi connectivity index (χ1n) is 12.8. The third-order valence-electron chi connectivity index (χ3n) is 8.19. The van der Waals surface area contributed by atoms with Gasteiger partial charge in [-0.15, -0.1) is 0 Å². The minimum absolute atomic E-state index is 0.0155. The summed E-state index contributed by atoms with van der Waals surface area (Å²) < 4.78 is 14.4. The molecule has 190 valence electrons. The van der Waals surface area contributed by atoms with E-state index < -0.39 is 13.9 Å². The molecule has 0 fully saturated rings. The van der Waals surface area contributed by atoms with Gasteiger partial charge in [0, 0.05) is 11.0 Å². The van der Waals surface area contributed by atoms with E-state index in [2.05, 4.69) is 91.0 Å². The molecule has 0 aromatic heterocycles. The highest BCUT2D eigenvalue weighted by Crippen LogP contribution is 2.55. The van der Waals surface area contributed by atoms with E-state index in [9.17, 15) is 4.79 Å². The highest BCUT2D eigenvalue weighted by Gasteiger charge is 2.56. The monoisotopic (exact) mass is 492 g/mol. The van der Waals surface area contributed by atoms with Crippen molar-refractivity contribution in [3.05, 3.63) is 82.9 Å². The molecule has 0 spiro atoms. The van der Waals surface area contributed by atoms with Gasteiger partial charge in [-0.05, 0) is 55.9 Å². The molecule has 2 aromatic carbocycles. The molecule has 0 unspecified atom stereocenters. The van der Waals surface area contributed by atoms with Crippen LogP contribution in [0.5, 0.6) is 0 Å². The molecule has 0 bridgehead atoms. The van der Waals surface area contributed by atoms with E-state index in [0.29, 0.717) is 6.61 Å². The Kier molecular flexibility index (Phi) is 8.00. The van der Waals surface area contributed by atoms with Crippen LogP contribution in [0.1, 0.15) is 88.9 Å². The average Bonchev–Trinajstić information content (AvgIpc) is 2.77. The van der Waals surface area contributed by atoms with Crippen LogP contribution < -0.4 is 0 Å². The number of Topliss-reactive ketones (excluding diaryl/α,β-unsaturated/α-hetero) is 1. The van der Waals surface area contributed by atoms with Crippen molar-refractivity contribution in [2.24, 2.45) is 5.41 Å². The molecule has 0 saturated carbocycles. The minimum atomic E-state index is -2.24. The first-order valence-corrected chi connectivity index (χ1v) is 15.7. The Morgan fingerprint density at radius 2 is 1.63 bits per heavy atom. The largest absolute Gasteiger partial charge is 0.407 e. The van der Waals surface area contributed by atoms with Crippen LogP contribution in [0, 0.1) is 5.41 Å². The van der Waals surface area contributed by atoms with E-state index in [1.165, 1.54) is 5.57 Å². The SMILES string of the molecule is CC(=O)c1ccccc1[C@H](O[Si](C)(C)C(C)(C)C)[C@@]1(OCc2ccccc2)CCC(C)=CC1(C)C. The molecule has 0 saturated heterocycles. The maximum absolute atomic E-state index is 12.8. The quantitative estimate of drug-likeness (QED) is 0.210. The smallest absolute Gasteiger partial charge is 0.193 e. The molecular weight excluding hydrogens is 448 g/mol. The van der Waals surface area contributed by atoms with Crippen molar-refractivity contribution in [3.63, 3.8) is 0 Å². The first kappa shape index (κ1) is 27.6. The number of rotatable bonds is 8. The number of hydrogen-bond acceptors (Lipinski definition) is 3. The van der Waals surface area contributed by atoms with Gasteiger partial charge in [0.2, 0.25) is 0 Å². The molecule has 0 aliphatic heterocycles. The zero-order chi connectivity index (χ0) is 26.1. The van der Waals surface area contributed by atoms with Crippen molar-refractivity contribution in [3.8, 4) is 0 Å². The van der Waals surface area contributed by atoms with E-state index in [1.54, 1.807) is 6.92 Å². The Labute approximate surface area is 214 Å². The normalized spacial score (nSPS) is 21.3. The van der Waals surface area contributed by atoms with Gasteiger partial charge in [-0.1, -0.05) is 101 Å². The number of hydrogen-bond donors (Lipinski definition) is 0. The summed E-state index contributed by atoms with van der Waals surface area (Å²) in [5, 5.41) is 0.0155. The maximum Gasteiger partial charge on any atom is 0.193 e. The summed E-state index contributed by atoms with van der Waals surface area (Å²) in [5.74, 6) is 0.0583. The third-order valence-corrected chi connectivity index (χ3v) is 12.6. The zero-order valence-corrected chi connectivity index (χ0v) is 24.2. The Morgan fingerprint density at radius 1 is 1.03 bits per heavy atom. The fraction of sp³-hybridized carbons (Fsp3) is 0.516. The van der Waals surface area contributed by atoms with Crippen LogP contribution in [-0.4, -0.2) is 19.7 Å². The van der Waals surface area contributed by atoms with Crippen LogP contribution >= 0.6 is 0 Å². The summed E-state index contributed by atoms with van der Waals surface area (Å²) in [5.41, 5.74) is 3.24. The fourth-order valence-corrected chi connectivity index (χ4v) is 6.29. The lowest BCUT2D eigenvalue weighted by Crippen LogP contribution is -2.56. The molecule has 0 amide bonds. The second kappa shape index (κ2) is 10.2. The Morgan fingerprint density at radius 3 is 2.20 bits per heavy atom. The van der Waals surface area contributed by atoms with Crippen molar-refractivity contribution in [1.82, 2.24) is 0 Å². The number of benzene rings is 2. The van der Waals surface area contributed by atoms with Gasteiger partial charge < -0.3 is 9.16 Å². The van der Waals surface area contributed by atoms with Crippen molar-refractivity contribution >= 4 is 14.1 Å². The predicted octanol–water partition coefficient (Wildman–Crippen LogP) is 8.67. The van der Waals surface area contributed by atoms with Crippen molar-refractivity contribution in [2.45, 2.75) is 97.8 Å². The summed E-state index contributed by atoms with van der Waals surface area (Å²) in [6.45, 7) is 20.2. The molecule has 0 N–H and O–H groups in total. The lowest BCUT2D eigenvalue weighted by molar-refractivity contribution is -0.185. The van der Waals surface area contributed by atoms with Crippen molar-refractivity contribution in [1.29, 1.82) is 0 Å². The van der Waals surface area contributed by atoms with Crippen LogP contribution in [0.15, 0.2) is 66.2 Å². The molecule has 0 radical (unpaired) electrons. The van der Waals surface area contributed by atoms with Crippen LogP contribution in [0.3, 0.4) is 0 Å². The topological polar surface area (TPSA) is 35.5 Å². The summed E-state index contributed by atoms with van der Waals surface area (Å²) in [6.07, 6.45) is 3.77. The Balaban J connectivity index is 2.24. The van der Waals surface area contributed by atoms with Gasteiger partial charge in [-0.3, -0.25) is 4.79 Å². The summed E-state index contributed by atoms with van der Waals surface area (Å²) in [6, 6.07) is 18.3. The molecule has 0 heterocycles. The average molecular weight is 493 g/mol. The van der Waals surface area contributed by atoms with Gasteiger partial charge in [0.25, 0.3) is 0 Å². The standard InChI is InChI=1S/C31H44O3Si/c1-23-19-20-31(30(6,7)21-23,33-22-25-15-11-10-12-16-25)28(34-35(8,9)29(3,4)5)27-18-14-13-17-26(27)24(2)32/h10-18,21,28H,19-20,22H2,1-9H3/t28-,31-/m0/s1. The highest BCUT2D eigenvalue weighted by atomic mass is 28.4. The number of carbonyl (C=O) groups is 1. The summed E-state index contributed by atoms with van der Waals surface area (Å²) >= 11 is 0. The molecule has 1 aliphatic carbocycles. The van der Waals surface area contributed by atoms with E-state index >= 15 is 0 Å². The molecule has 2 aromatic rings. The van der Waals surface area contributed by atoms with Gasteiger partial charge >= 0.3 is 0 Å². The number of allylic oxidation sites excluding steroid dienone is 1. The van der Waals surface area contributed by atoms with Gasteiger partial charge in [0.05, 0.1) is 6.61 Å². The molecule has 3 rings (SSSR count). The molecule has 4 heteroatoms. The molecule has 35 heavy (non-hydrogen) atoms. The van der Waals surface area contributed by atoms with E-state index in [4.69, 9.17) is 9.16 Å². The number of ether oxygens (including phenoxy) is 1. The second-order valence-corrected chi connectivity index (χ2v) is 17.0. The zero-order valence-electron chi connectivity index (χ0n) is 23.2. The number of ketones is 1. The lowest BCUT2D eigenvalue weighted by atomic mass is 9.63. The summed E-state index contributed by atoms with van der Waals surface area (Å²) in [4.78, 5) is 12.8. The minimum Gasteiger partial charge on any atom is -0.407 e. The molecular formula is C31H44O3Si. The summed E-state index contributed by atoms with van der Waals surface area (Å²) in [7, 11) is -2.24. The van der Waals surface area contributed by atoms with Gasteiger partial charge in [-0.25, -0.2) is 0 Å². The highest BCUT2D eigenvalue weighted by molar-refractivity contribution is 6.74. The van der Waals surface area contributed by atoms with Gasteiger partial charge in [0.15, 0.2) is 14.1 Å². The van der Waals surface area contributed by atoms with Crippen LogP contribution in [0.2, 0.25) is 18.1 Å². The van der Waals surface area contributed by atoms with Crippen LogP contribution in [0.4, 0.5) is 0 Å². The van der Waals surface area contributed by atoms with E-state index in [0.717, 1.165) is 29.5 Å². The van der Waals surface area contributed by atoms with Crippen LogP contribution in [-0.2, 0) is 15.8 Å². The molecule has 2 atom stereocenters. The second-order valence-electron chi connectivity index (χ2n) is 12.3. The first-order chi connectivity index (χ1) is 16.2. The maximum atomic E-state index is 12.8. The molecule has 3 nitrogen and oxygen atoms in total. The van der Waals surface area contributed by atoms with Crippen LogP contribution in [0.25, 0.3) is 0 Å². The van der Waals surface area contributed by atoms with Crippen molar-refractivity contribution < 1.29 is 14.0 Å². The number of carbonyl (C=O) groups excluding carboxylic acids is 1. The third kappa shape index (κ3) is 5.71. The van der Waals surface area contributed by atoms with E-state index in [-0.39, 0.29) is 22.3 Å².